The highest BCUT2D eigenvalue weighted by molar-refractivity contribution is 5.99. The van der Waals surface area contributed by atoms with Gasteiger partial charge >= 0.3 is 0 Å². The van der Waals surface area contributed by atoms with Gasteiger partial charge < -0.3 is 0 Å². The Bertz CT molecular complexity index is 339. The first-order valence-corrected chi connectivity index (χ1v) is 4.26. The number of rotatable bonds is 0. The zero-order chi connectivity index (χ0) is 8.72. The summed E-state index contributed by atoms with van der Waals surface area (Å²) in [7, 11) is 1.91. The molecule has 0 amide bonds. The minimum Gasteiger partial charge on any atom is -0.294 e. The molecule has 1 aromatic heterocycles. The summed E-state index contributed by atoms with van der Waals surface area (Å²) < 4.78 is 1.84. The minimum absolute atomic E-state index is 0.266. The van der Waals surface area contributed by atoms with Crippen molar-refractivity contribution in [2.45, 2.75) is 26.2 Å². The van der Waals surface area contributed by atoms with Crippen molar-refractivity contribution in [3.63, 3.8) is 0 Å². The van der Waals surface area contributed by atoms with Crippen LogP contribution in [0.4, 0.5) is 0 Å². The molecule has 1 aromatic rings. The molecule has 0 spiro atoms. The fraction of sp³-hybridized carbons (Fsp3) is 0.556. The van der Waals surface area contributed by atoms with Crippen molar-refractivity contribution < 1.29 is 4.79 Å². The van der Waals surface area contributed by atoms with Crippen molar-refractivity contribution in [2.24, 2.45) is 7.05 Å². The first kappa shape index (κ1) is 7.53. The quantitative estimate of drug-likeness (QED) is 0.578. The van der Waals surface area contributed by atoms with E-state index in [9.17, 15) is 4.79 Å². The lowest BCUT2D eigenvalue weighted by atomic mass is 9.95. The third kappa shape index (κ3) is 0.891. The van der Waals surface area contributed by atoms with Crippen LogP contribution in [0.1, 0.15) is 34.6 Å². The van der Waals surface area contributed by atoms with E-state index in [0.29, 0.717) is 6.42 Å². The van der Waals surface area contributed by atoms with Gasteiger partial charge in [0.05, 0.1) is 11.3 Å². The second kappa shape index (κ2) is 2.44. The van der Waals surface area contributed by atoms with Gasteiger partial charge in [0.15, 0.2) is 5.78 Å². The molecule has 0 atom stereocenters. The van der Waals surface area contributed by atoms with Gasteiger partial charge in [0.1, 0.15) is 0 Å². The number of ketones is 1. The predicted octanol–water partition coefficient (Wildman–Crippen LogP) is 1.25. The van der Waals surface area contributed by atoms with E-state index >= 15 is 0 Å². The Labute approximate surface area is 71.4 Å². The highest BCUT2D eigenvalue weighted by atomic mass is 16.1. The van der Waals surface area contributed by atoms with Gasteiger partial charge in [-0.2, -0.15) is 5.10 Å². The Morgan fingerprint density at radius 3 is 2.83 bits per heavy atom. The summed E-state index contributed by atoms with van der Waals surface area (Å²) in [5.74, 6) is 0.266. The zero-order valence-electron chi connectivity index (χ0n) is 7.42. The van der Waals surface area contributed by atoms with Crippen LogP contribution in [0.2, 0.25) is 0 Å². The zero-order valence-corrected chi connectivity index (χ0v) is 7.42. The van der Waals surface area contributed by atoms with Gasteiger partial charge in [-0.1, -0.05) is 0 Å². The molecule has 1 heterocycles. The molecule has 0 bridgehead atoms. The Balaban J connectivity index is 2.62. The van der Waals surface area contributed by atoms with E-state index in [4.69, 9.17) is 0 Å². The van der Waals surface area contributed by atoms with E-state index in [-0.39, 0.29) is 5.78 Å². The fourth-order valence-corrected chi connectivity index (χ4v) is 1.90. The summed E-state index contributed by atoms with van der Waals surface area (Å²) in [6, 6.07) is 0. The lowest BCUT2D eigenvalue weighted by Gasteiger charge is -2.10. The van der Waals surface area contributed by atoms with Crippen LogP contribution in [0.3, 0.4) is 0 Å². The van der Waals surface area contributed by atoms with Gasteiger partial charge in [-0.05, 0) is 19.8 Å². The number of hydrogen-bond donors (Lipinski definition) is 0. The van der Waals surface area contributed by atoms with Crippen molar-refractivity contribution in [1.29, 1.82) is 0 Å². The summed E-state index contributed by atoms with van der Waals surface area (Å²) in [6.45, 7) is 1.90. The van der Waals surface area contributed by atoms with Gasteiger partial charge in [-0.15, -0.1) is 0 Å². The van der Waals surface area contributed by atoms with E-state index in [1.165, 1.54) is 0 Å². The molecule has 0 aliphatic heterocycles. The number of carbonyl (C=O) groups excluding carboxylic acids is 1. The highest BCUT2D eigenvalue weighted by Crippen LogP contribution is 2.22. The smallest absolute Gasteiger partial charge is 0.166 e. The summed E-state index contributed by atoms with van der Waals surface area (Å²) in [5.41, 5.74) is 2.88. The molecule has 0 saturated carbocycles. The maximum atomic E-state index is 11.5. The Morgan fingerprint density at radius 1 is 1.42 bits per heavy atom. The molecule has 3 heteroatoms. The van der Waals surface area contributed by atoms with Crippen molar-refractivity contribution in [1.82, 2.24) is 9.78 Å². The topological polar surface area (TPSA) is 34.9 Å². The van der Waals surface area contributed by atoms with Crippen LogP contribution >= 0.6 is 0 Å². The predicted molar refractivity (Wildman–Crippen MR) is 45.2 cm³/mol. The second-order valence-electron chi connectivity index (χ2n) is 3.31. The van der Waals surface area contributed by atoms with Crippen LogP contribution in [0.5, 0.6) is 0 Å². The monoisotopic (exact) mass is 164 g/mol. The lowest BCUT2D eigenvalue weighted by molar-refractivity contribution is 0.0971. The maximum Gasteiger partial charge on any atom is 0.166 e. The van der Waals surface area contributed by atoms with Crippen molar-refractivity contribution in [3.05, 3.63) is 17.0 Å². The number of nitrogens with zero attached hydrogens (tertiary/aromatic N) is 2. The van der Waals surface area contributed by atoms with Gasteiger partial charge in [0, 0.05) is 19.2 Å². The van der Waals surface area contributed by atoms with E-state index in [2.05, 4.69) is 5.10 Å². The minimum atomic E-state index is 0.266. The van der Waals surface area contributed by atoms with Crippen LogP contribution in [0.15, 0.2) is 0 Å². The highest BCUT2D eigenvalue weighted by Gasteiger charge is 2.23. The second-order valence-corrected chi connectivity index (χ2v) is 3.31. The van der Waals surface area contributed by atoms with Crippen LogP contribution in [-0.2, 0) is 13.5 Å². The van der Waals surface area contributed by atoms with Crippen molar-refractivity contribution in [3.8, 4) is 0 Å². The van der Waals surface area contributed by atoms with Crippen molar-refractivity contribution in [2.75, 3.05) is 0 Å². The molecule has 1 aliphatic carbocycles. The Hall–Kier alpha value is -1.12. The van der Waals surface area contributed by atoms with Gasteiger partial charge in [-0.25, -0.2) is 0 Å². The standard InChI is InChI=1S/C9H12N2O/c1-6-9-7(11(2)10-6)4-3-5-8(9)12/h3-5H2,1-2H3. The normalized spacial score (nSPS) is 16.3. The lowest BCUT2D eigenvalue weighted by Crippen LogP contribution is -2.12. The summed E-state index contributed by atoms with van der Waals surface area (Å²) in [6.07, 6.45) is 2.67. The van der Waals surface area contributed by atoms with E-state index < -0.39 is 0 Å². The molecule has 0 saturated heterocycles. The number of aryl methyl sites for hydroxylation is 2. The Kier molecular flexibility index (Phi) is 1.53. The average Bonchev–Trinajstić information content (AvgIpc) is 2.29. The molecule has 64 valence electrons. The van der Waals surface area contributed by atoms with Crippen LogP contribution in [0.25, 0.3) is 0 Å². The maximum absolute atomic E-state index is 11.5. The number of hydrogen-bond acceptors (Lipinski definition) is 2. The molecule has 12 heavy (non-hydrogen) atoms. The van der Waals surface area contributed by atoms with E-state index in [1.807, 2.05) is 18.7 Å². The molecule has 0 N–H and O–H groups in total. The molecule has 3 nitrogen and oxygen atoms in total. The van der Waals surface area contributed by atoms with Gasteiger partial charge in [-0.3, -0.25) is 9.48 Å². The number of fused-ring (bicyclic) bond motifs is 1. The molecular weight excluding hydrogens is 152 g/mol. The van der Waals surface area contributed by atoms with E-state index in [0.717, 1.165) is 29.8 Å². The molecule has 0 unspecified atom stereocenters. The number of Topliss-reactive ketones (excluding diaryl/α,β-unsaturated/α-hetero) is 1. The van der Waals surface area contributed by atoms with Crippen LogP contribution in [0, 0.1) is 6.92 Å². The van der Waals surface area contributed by atoms with Crippen LogP contribution in [-0.4, -0.2) is 15.6 Å². The summed E-state index contributed by atoms with van der Waals surface area (Å²) >= 11 is 0. The number of aromatic nitrogens is 2. The molecule has 0 aromatic carbocycles. The van der Waals surface area contributed by atoms with Crippen molar-refractivity contribution >= 4 is 5.78 Å². The fourth-order valence-electron chi connectivity index (χ4n) is 1.90. The number of carbonyl (C=O) groups is 1. The summed E-state index contributed by atoms with van der Waals surface area (Å²) in [4.78, 5) is 11.5. The summed E-state index contributed by atoms with van der Waals surface area (Å²) in [5, 5.41) is 4.24. The third-order valence-corrected chi connectivity index (χ3v) is 2.44. The van der Waals surface area contributed by atoms with E-state index in [1.54, 1.807) is 0 Å². The van der Waals surface area contributed by atoms with Crippen LogP contribution < -0.4 is 0 Å². The first-order chi connectivity index (χ1) is 5.70. The van der Waals surface area contributed by atoms with Gasteiger partial charge in [0.25, 0.3) is 0 Å². The third-order valence-electron chi connectivity index (χ3n) is 2.44. The molecular formula is C9H12N2O. The molecule has 0 radical (unpaired) electrons. The Morgan fingerprint density at radius 2 is 2.17 bits per heavy atom. The molecule has 0 fully saturated rings. The average molecular weight is 164 g/mol. The first-order valence-electron chi connectivity index (χ1n) is 4.26. The largest absolute Gasteiger partial charge is 0.294 e. The molecule has 1 aliphatic rings. The molecule has 2 rings (SSSR count). The SMILES string of the molecule is Cc1nn(C)c2c1C(=O)CCC2. The van der Waals surface area contributed by atoms with Gasteiger partial charge in [0.2, 0.25) is 0 Å².